The van der Waals surface area contributed by atoms with Crippen LogP contribution >= 0.6 is 0 Å². The highest BCUT2D eigenvalue weighted by molar-refractivity contribution is 6.67. The first-order valence-electron chi connectivity index (χ1n) is 7.06. The van der Waals surface area contributed by atoms with Crippen molar-refractivity contribution in [2.24, 2.45) is 5.73 Å². The van der Waals surface area contributed by atoms with Gasteiger partial charge < -0.3 is 27.6 Å². The van der Waals surface area contributed by atoms with Crippen LogP contribution < -0.4 is 5.73 Å². The lowest BCUT2D eigenvalue weighted by atomic mass is 10.5. The minimum absolute atomic E-state index is 0.552. The van der Waals surface area contributed by atoms with Crippen LogP contribution in [0, 0.1) is 0 Å². The monoisotopic (exact) mass is 311 g/mol. The maximum atomic E-state index is 6.04. The second-order valence-corrected chi connectivity index (χ2v) is 8.39. The molecular weight excluding hydrogens is 282 g/mol. The molecule has 116 valence electrons. The van der Waals surface area contributed by atoms with E-state index in [1.54, 1.807) is 0 Å². The molecule has 0 heterocycles. The molecule has 0 aliphatic heterocycles. The highest BCUT2D eigenvalue weighted by Gasteiger charge is 2.43. The van der Waals surface area contributed by atoms with Crippen LogP contribution in [0.15, 0.2) is 0 Å². The van der Waals surface area contributed by atoms with Gasteiger partial charge >= 0.3 is 18.3 Å². The standard InChI is InChI=1S/C11H29NO5Si2/c1-5-13-18(14-6-2)17-19(15-7-3,16-8-4)11-9-10-12/h18H,5-12H2,1-4H3. The summed E-state index contributed by atoms with van der Waals surface area (Å²) in [6.45, 7) is 10.5. The van der Waals surface area contributed by atoms with Crippen molar-refractivity contribution in [2.75, 3.05) is 33.0 Å². The molecule has 0 saturated carbocycles. The Morgan fingerprint density at radius 1 is 0.895 bits per heavy atom. The molecule has 8 heteroatoms. The Morgan fingerprint density at radius 3 is 1.79 bits per heavy atom. The molecule has 19 heavy (non-hydrogen) atoms. The van der Waals surface area contributed by atoms with Crippen molar-refractivity contribution in [1.82, 2.24) is 0 Å². The molecule has 0 saturated heterocycles. The van der Waals surface area contributed by atoms with Gasteiger partial charge in [-0.25, -0.2) is 0 Å². The maximum Gasteiger partial charge on any atom is 0.493 e. The van der Waals surface area contributed by atoms with Crippen molar-refractivity contribution in [1.29, 1.82) is 0 Å². The molecule has 0 unspecified atom stereocenters. The zero-order valence-corrected chi connectivity index (χ0v) is 14.8. The zero-order valence-electron chi connectivity index (χ0n) is 12.6. The quantitative estimate of drug-likeness (QED) is 0.515. The van der Waals surface area contributed by atoms with Gasteiger partial charge in [0.15, 0.2) is 0 Å². The second-order valence-electron chi connectivity index (χ2n) is 3.76. The lowest BCUT2D eigenvalue weighted by Crippen LogP contribution is -2.51. The third-order valence-electron chi connectivity index (χ3n) is 2.30. The molecule has 0 rings (SSSR count). The average molecular weight is 312 g/mol. The Hall–Kier alpha value is 0.194. The summed E-state index contributed by atoms with van der Waals surface area (Å²) in [6, 6.07) is 0.703. The Bertz CT molecular complexity index is 200. The van der Waals surface area contributed by atoms with Crippen molar-refractivity contribution in [3.8, 4) is 0 Å². The molecule has 0 aromatic heterocycles. The third-order valence-corrected chi connectivity index (χ3v) is 8.14. The highest BCUT2D eigenvalue weighted by Crippen LogP contribution is 2.19. The van der Waals surface area contributed by atoms with Crippen LogP contribution in [-0.2, 0) is 21.8 Å². The van der Waals surface area contributed by atoms with Gasteiger partial charge in [0.25, 0.3) is 0 Å². The van der Waals surface area contributed by atoms with E-state index >= 15 is 0 Å². The minimum Gasteiger partial charge on any atom is -0.377 e. The van der Waals surface area contributed by atoms with E-state index < -0.39 is 18.3 Å². The maximum absolute atomic E-state index is 6.04. The summed E-state index contributed by atoms with van der Waals surface area (Å²) in [5.74, 6) is 0. The Labute approximate surface area is 119 Å². The summed E-state index contributed by atoms with van der Waals surface area (Å²) >= 11 is 0. The van der Waals surface area contributed by atoms with E-state index in [1.165, 1.54) is 0 Å². The minimum atomic E-state index is -2.72. The summed E-state index contributed by atoms with van der Waals surface area (Å²) in [5.41, 5.74) is 5.58. The fraction of sp³-hybridized carbons (Fsp3) is 1.00. The molecule has 0 aromatic carbocycles. The zero-order chi connectivity index (χ0) is 14.6. The van der Waals surface area contributed by atoms with Crippen LogP contribution in [0.25, 0.3) is 0 Å². The molecule has 6 nitrogen and oxygen atoms in total. The molecule has 0 atom stereocenters. The van der Waals surface area contributed by atoms with E-state index in [9.17, 15) is 0 Å². The van der Waals surface area contributed by atoms with Gasteiger partial charge in [0.2, 0.25) is 0 Å². The summed E-state index contributed by atoms with van der Waals surface area (Å²) < 4.78 is 28.7. The van der Waals surface area contributed by atoms with Gasteiger partial charge in [-0.3, -0.25) is 0 Å². The molecule has 0 radical (unpaired) electrons. The number of hydrogen-bond donors (Lipinski definition) is 1. The molecule has 0 bridgehead atoms. The fourth-order valence-electron chi connectivity index (χ4n) is 1.61. The first-order valence-corrected chi connectivity index (χ1v) is 10.4. The van der Waals surface area contributed by atoms with Gasteiger partial charge in [-0.15, -0.1) is 0 Å². The van der Waals surface area contributed by atoms with Crippen LogP contribution in [0.1, 0.15) is 34.1 Å². The van der Waals surface area contributed by atoms with Crippen molar-refractivity contribution < 1.29 is 21.8 Å². The predicted molar refractivity (Wildman–Crippen MR) is 79.0 cm³/mol. The normalized spacial score (nSPS) is 12.3. The van der Waals surface area contributed by atoms with Gasteiger partial charge in [0.05, 0.1) is 0 Å². The van der Waals surface area contributed by atoms with Crippen LogP contribution in [0.3, 0.4) is 0 Å². The molecule has 0 aliphatic rings. The first-order chi connectivity index (χ1) is 9.17. The first kappa shape index (κ1) is 19.2. The van der Waals surface area contributed by atoms with E-state index in [0.29, 0.717) is 39.0 Å². The van der Waals surface area contributed by atoms with Crippen LogP contribution in [0.2, 0.25) is 6.04 Å². The highest BCUT2D eigenvalue weighted by atomic mass is 28.4. The largest absolute Gasteiger partial charge is 0.493 e. The SMILES string of the molecule is CCO[SiH](OCC)O[Si](CCCN)(OCC)OCC. The number of rotatable bonds is 13. The Morgan fingerprint density at radius 2 is 1.42 bits per heavy atom. The third kappa shape index (κ3) is 8.15. The fourth-order valence-corrected chi connectivity index (χ4v) is 6.87. The van der Waals surface area contributed by atoms with E-state index in [4.69, 9.17) is 27.6 Å². The van der Waals surface area contributed by atoms with Crippen LogP contribution in [0.4, 0.5) is 0 Å². The van der Waals surface area contributed by atoms with Crippen molar-refractivity contribution >= 4 is 18.3 Å². The number of nitrogens with two attached hydrogens (primary N) is 1. The molecule has 0 amide bonds. The van der Waals surface area contributed by atoms with Gasteiger partial charge in [-0.2, -0.15) is 0 Å². The predicted octanol–water partition coefficient (Wildman–Crippen LogP) is 1.15. The van der Waals surface area contributed by atoms with Crippen molar-refractivity contribution in [2.45, 2.75) is 40.2 Å². The molecule has 0 fully saturated rings. The van der Waals surface area contributed by atoms with E-state index in [0.717, 1.165) is 6.42 Å². The summed E-state index contributed by atoms with van der Waals surface area (Å²) in [7, 11) is -4.92. The average Bonchev–Trinajstić information content (AvgIpc) is 2.37. The van der Waals surface area contributed by atoms with E-state index in [-0.39, 0.29) is 0 Å². The lowest BCUT2D eigenvalue weighted by molar-refractivity contribution is 0.0693. The van der Waals surface area contributed by atoms with Crippen molar-refractivity contribution in [3.05, 3.63) is 0 Å². The smallest absolute Gasteiger partial charge is 0.377 e. The molecular formula is C11H29NO5Si2. The van der Waals surface area contributed by atoms with Gasteiger partial charge in [0, 0.05) is 32.5 Å². The van der Waals surface area contributed by atoms with E-state index in [1.807, 2.05) is 27.7 Å². The summed E-state index contributed by atoms with van der Waals surface area (Å²) in [6.07, 6.45) is 0.811. The van der Waals surface area contributed by atoms with E-state index in [2.05, 4.69) is 0 Å². The topological polar surface area (TPSA) is 72.2 Å². The van der Waals surface area contributed by atoms with Crippen LogP contribution in [0.5, 0.6) is 0 Å². The lowest BCUT2D eigenvalue weighted by Gasteiger charge is -2.31. The number of hydrogen-bond acceptors (Lipinski definition) is 6. The van der Waals surface area contributed by atoms with Crippen molar-refractivity contribution in [3.63, 3.8) is 0 Å². The second kappa shape index (κ2) is 12.0. The Kier molecular flexibility index (Phi) is 12.1. The molecule has 0 aromatic rings. The molecule has 0 aliphatic carbocycles. The van der Waals surface area contributed by atoms with Crippen LogP contribution in [-0.4, -0.2) is 51.3 Å². The summed E-state index contributed by atoms with van der Waals surface area (Å²) in [5, 5.41) is 0. The Balaban J connectivity index is 4.72. The molecule has 0 spiro atoms. The van der Waals surface area contributed by atoms with Gasteiger partial charge in [-0.05, 0) is 40.7 Å². The van der Waals surface area contributed by atoms with Gasteiger partial charge in [0.1, 0.15) is 0 Å². The summed E-state index contributed by atoms with van der Waals surface area (Å²) in [4.78, 5) is 0. The molecule has 2 N–H and O–H groups in total. The van der Waals surface area contributed by atoms with Gasteiger partial charge in [-0.1, -0.05) is 0 Å².